The van der Waals surface area contributed by atoms with E-state index in [0.717, 1.165) is 10.2 Å². The van der Waals surface area contributed by atoms with Gasteiger partial charge < -0.3 is 5.73 Å². The fourth-order valence-corrected chi connectivity index (χ4v) is 1.53. The molecule has 0 aromatic carbocycles. The molecule has 0 unspecified atom stereocenters. The Morgan fingerprint density at radius 1 is 1.29 bits per heavy atom. The van der Waals surface area contributed by atoms with Crippen molar-refractivity contribution in [1.82, 2.24) is 24.7 Å². The van der Waals surface area contributed by atoms with E-state index in [9.17, 15) is 0 Å². The van der Waals surface area contributed by atoms with Gasteiger partial charge in [0, 0.05) is 7.05 Å². The van der Waals surface area contributed by atoms with E-state index in [4.69, 9.17) is 5.73 Å². The minimum Gasteiger partial charge on any atom is -0.382 e. The quantitative estimate of drug-likeness (QED) is 0.766. The van der Waals surface area contributed by atoms with Crippen LogP contribution in [0.25, 0.3) is 0 Å². The van der Waals surface area contributed by atoms with Crippen molar-refractivity contribution in [1.29, 1.82) is 0 Å². The maximum Gasteiger partial charge on any atom is 0.192 e. The highest BCUT2D eigenvalue weighted by atomic mass is 32.2. The van der Waals surface area contributed by atoms with Crippen molar-refractivity contribution in [3.63, 3.8) is 0 Å². The number of hydrogen-bond acceptors (Lipinski definition) is 6. The lowest BCUT2D eigenvalue weighted by atomic mass is 10.7. The molecule has 2 aromatic rings. The Hall–Kier alpha value is -1.63. The van der Waals surface area contributed by atoms with Gasteiger partial charge >= 0.3 is 0 Å². The zero-order valence-electron chi connectivity index (χ0n) is 7.45. The van der Waals surface area contributed by atoms with Crippen LogP contribution < -0.4 is 5.73 Å². The third-order valence-electron chi connectivity index (χ3n) is 1.51. The van der Waals surface area contributed by atoms with E-state index in [-0.39, 0.29) is 0 Å². The van der Waals surface area contributed by atoms with Gasteiger partial charge in [-0.1, -0.05) is 0 Å². The summed E-state index contributed by atoms with van der Waals surface area (Å²) in [6.07, 6.45) is 4.61. The lowest BCUT2D eigenvalue weighted by Crippen LogP contribution is -1.95. The highest BCUT2D eigenvalue weighted by molar-refractivity contribution is 7.99. The summed E-state index contributed by atoms with van der Waals surface area (Å²) in [5.74, 6) is 0.410. The van der Waals surface area contributed by atoms with Crippen LogP contribution in [0.1, 0.15) is 0 Å². The van der Waals surface area contributed by atoms with Gasteiger partial charge in [-0.25, -0.2) is 19.6 Å². The SMILES string of the molecule is Cn1ncnc1Sc1cnc(N)cn1. The Bertz CT molecular complexity index is 422. The summed E-state index contributed by atoms with van der Waals surface area (Å²) in [6.45, 7) is 0. The second-order valence-corrected chi connectivity index (χ2v) is 3.54. The number of anilines is 1. The molecule has 2 N–H and O–H groups in total. The van der Waals surface area contributed by atoms with Crippen LogP contribution in [0.2, 0.25) is 0 Å². The third kappa shape index (κ3) is 1.82. The molecule has 0 atom stereocenters. The van der Waals surface area contributed by atoms with Crippen molar-refractivity contribution in [3.8, 4) is 0 Å². The zero-order chi connectivity index (χ0) is 9.97. The lowest BCUT2D eigenvalue weighted by Gasteiger charge is -1.98. The first-order valence-corrected chi connectivity index (χ1v) is 4.67. The largest absolute Gasteiger partial charge is 0.382 e. The minimum atomic E-state index is 0.410. The molecule has 0 saturated carbocycles. The van der Waals surface area contributed by atoms with Crippen LogP contribution in [0.15, 0.2) is 28.9 Å². The van der Waals surface area contributed by atoms with Crippen LogP contribution in [-0.4, -0.2) is 24.7 Å². The number of nitrogens with two attached hydrogens (primary N) is 1. The van der Waals surface area contributed by atoms with E-state index < -0.39 is 0 Å². The topological polar surface area (TPSA) is 82.5 Å². The van der Waals surface area contributed by atoms with Crippen molar-refractivity contribution >= 4 is 17.6 Å². The molecule has 0 fully saturated rings. The van der Waals surface area contributed by atoms with Gasteiger partial charge in [0.25, 0.3) is 0 Å². The summed E-state index contributed by atoms with van der Waals surface area (Å²) in [5.41, 5.74) is 5.41. The molecule has 0 radical (unpaired) electrons. The predicted octanol–water partition coefficient (Wildman–Crippen LogP) is 0.339. The molecule has 2 rings (SSSR count). The maximum absolute atomic E-state index is 5.41. The molecular weight excluding hydrogens is 200 g/mol. The smallest absolute Gasteiger partial charge is 0.192 e. The number of aryl methyl sites for hydroxylation is 1. The Balaban J connectivity index is 2.19. The first kappa shape index (κ1) is 8.95. The van der Waals surface area contributed by atoms with E-state index in [1.807, 2.05) is 7.05 Å². The van der Waals surface area contributed by atoms with Crippen molar-refractivity contribution in [2.24, 2.45) is 7.05 Å². The number of rotatable bonds is 2. The second kappa shape index (κ2) is 3.62. The molecule has 2 aromatic heterocycles. The standard InChI is InChI=1S/C7H8N6S/c1-13-7(11-4-12-13)14-6-3-9-5(8)2-10-6/h2-4H,1H3,(H2,8,9). The first-order chi connectivity index (χ1) is 6.75. The van der Waals surface area contributed by atoms with Crippen LogP contribution in [0.5, 0.6) is 0 Å². The number of hydrogen-bond donors (Lipinski definition) is 1. The van der Waals surface area contributed by atoms with Gasteiger partial charge in [-0.2, -0.15) is 5.10 Å². The summed E-state index contributed by atoms with van der Waals surface area (Å²) in [5, 5.41) is 5.46. The highest BCUT2D eigenvalue weighted by Gasteiger charge is 2.04. The van der Waals surface area contributed by atoms with Gasteiger partial charge in [0.1, 0.15) is 17.2 Å². The molecule has 72 valence electrons. The van der Waals surface area contributed by atoms with Crippen molar-refractivity contribution in [3.05, 3.63) is 18.7 Å². The number of nitrogen functional groups attached to an aromatic ring is 1. The van der Waals surface area contributed by atoms with Gasteiger partial charge in [-0.05, 0) is 11.8 Å². The van der Waals surface area contributed by atoms with Crippen LogP contribution in [0.3, 0.4) is 0 Å². The highest BCUT2D eigenvalue weighted by Crippen LogP contribution is 2.21. The summed E-state index contributed by atoms with van der Waals surface area (Å²) in [4.78, 5) is 12.1. The summed E-state index contributed by atoms with van der Waals surface area (Å²) in [6, 6.07) is 0. The average molecular weight is 208 g/mol. The summed E-state index contributed by atoms with van der Waals surface area (Å²) in [7, 11) is 1.82. The van der Waals surface area contributed by atoms with Gasteiger partial charge in [0.05, 0.1) is 12.4 Å². The Morgan fingerprint density at radius 3 is 2.71 bits per heavy atom. The fraction of sp³-hybridized carbons (Fsp3) is 0.143. The molecule has 7 heteroatoms. The molecule has 0 amide bonds. The Kier molecular flexibility index (Phi) is 2.32. The molecule has 0 aliphatic heterocycles. The average Bonchev–Trinajstić information content (AvgIpc) is 2.56. The Morgan fingerprint density at radius 2 is 2.14 bits per heavy atom. The molecule has 0 aliphatic rings. The molecule has 6 nitrogen and oxygen atoms in total. The van der Waals surface area contributed by atoms with Crippen LogP contribution in [0.4, 0.5) is 5.82 Å². The van der Waals surface area contributed by atoms with Crippen LogP contribution in [-0.2, 0) is 7.05 Å². The van der Waals surface area contributed by atoms with E-state index in [0.29, 0.717) is 5.82 Å². The maximum atomic E-state index is 5.41. The van der Waals surface area contributed by atoms with Gasteiger partial charge in [0.2, 0.25) is 0 Å². The molecule has 0 aliphatic carbocycles. The summed E-state index contributed by atoms with van der Waals surface area (Å²) >= 11 is 1.39. The van der Waals surface area contributed by atoms with Crippen molar-refractivity contribution in [2.45, 2.75) is 10.2 Å². The van der Waals surface area contributed by atoms with Crippen LogP contribution >= 0.6 is 11.8 Å². The predicted molar refractivity (Wildman–Crippen MR) is 51.6 cm³/mol. The fourth-order valence-electron chi connectivity index (χ4n) is 0.850. The molecule has 0 saturated heterocycles. The number of aromatic nitrogens is 5. The molecule has 2 heterocycles. The molecular formula is C7H8N6S. The second-order valence-electron chi connectivity index (χ2n) is 2.55. The molecule has 0 spiro atoms. The minimum absolute atomic E-state index is 0.410. The number of nitrogens with zero attached hydrogens (tertiary/aromatic N) is 5. The normalized spacial score (nSPS) is 10.4. The van der Waals surface area contributed by atoms with E-state index in [1.165, 1.54) is 24.3 Å². The monoisotopic (exact) mass is 208 g/mol. The summed E-state index contributed by atoms with van der Waals surface area (Å²) < 4.78 is 1.67. The first-order valence-electron chi connectivity index (χ1n) is 3.85. The third-order valence-corrected chi connectivity index (χ3v) is 2.49. The molecule has 14 heavy (non-hydrogen) atoms. The van der Waals surface area contributed by atoms with E-state index in [2.05, 4.69) is 20.1 Å². The van der Waals surface area contributed by atoms with Gasteiger partial charge in [0.15, 0.2) is 5.16 Å². The van der Waals surface area contributed by atoms with E-state index >= 15 is 0 Å². The van der Waals surface area contributed by atoms with Gasteiger partial charge in [-0.15, -0.1) is 0 Å². The van der Waals surface area contributed by atoms with E-state index in [1.54, 1.807) is 10.9 Å². The van der Waals surface area contributed by atoms with Gasteiger partial charge in [-0.3, -0.25) is 0 Å². The molecule has 0 bridgehead atoms. The zero-order valence-corrected chi connectivity index (χ0v) is 8.27. The lowest BCUT2D eigenvalue weighted by molar-refractivity contribution is 0.684. The van der Waals surface area contributed by atoms with Crippen molar-refractivity contribution in [2.75, 3.05) is 5.73 Å². The Labute approximate surface area is 84.6 Å². The van der Waals surface area contributed by atoms with Crippen molar-refractivity contribution < 1.29 is 0 Å². The van der Waals surface area contributed by atoms with Crippen LogP contribution in [0, 0.1) is 0 Å².